The van der Waals surface area contributed by atoms with Crippen LogP contribution in [0.3, 0.4) is 0 Å². The van der Waals surface area contributed by atoms with Gasteiger partial charge in [0.2, 0.25) is 5.89 Å². The lowest BCUT2D eigenvalue weighted by molar-refractivity contribution is 0.202. The molecule has 22 heavy (non-hydrogen) atoms. The van der Waals surface area contributed by atoms with Gasteiger partial charge < -0.3 is 4.52 Å². The van der Waals surface area contributed by atoms with E-state index < -0.39 is 0 Å². The quantitative estimate of drug-likeness (QED) is 0.712. The Kier molecular flexibility index (Phi) is 4.22. The van der Waals surface area contributed by atoms with Gasteiger partial charge >= 0.3 is 0 Å². The zero-order valence-corrected chi connectivity index (χ0v) is 14.1. The molecule has 1 unspecified atom stereocenters. The summed E-state index contributed by atoms with van der Waals surface area (Å²) < 4.78 is 6.61. The molecule has 0 fully saturated rings. The molecule has 0 amide bonds. The predicted molar refractivity (Wildman–Crippen MR) is 87.9 cm³/mol. The number of para-hydroxylation sites is 1. The molecule has 116 valence electrons. The Morgan fingerprint density at radius 3 is 2.64 bits per heavy atom. The molecule has 0 aliphatic heterocycles. The van der Waals surface area contributed by atoms with Gasteiger partial charge in [0.05, 0.1) is 22.8 Å². The molecule has 0 saturated heterocycles. The highest BCUT2D eigenvalue weighted by atomic mass is 32.1. The smallest absolute Gasteiger partial charge is 0.243 e. The second-order valence-corrected chi connectivity index (χ2v) is 6.93. The van der Waals surface area contributed by atoms with Gasteiger partial charge in [-0.2, -0.15) is 4.98 Å². The Bertz CT molecular complexity index is 731. The average Bonchev–Trinajstić information content (AvgIpc) is 3.12. The molecule has 5 nitrogen and oxygen atoms in total. The Morgan fingerprint density at radius 2 is 1.95 bits per heavy atom. The van der Waals surface area contributed by atoms with Gasteiger partial charge in [-0.25, -0.2) is 4.98 Å². The van der Waals surface area contributed by atoms with Crippen molar-refractivity contribution in [2.75, 3.05) is 7.05 Å². The van der Waals surface area contributed by atoms with Crippen molar-refractivity contribution in [2.45, 2.75) is 39.3 Å². The third kappa shape index (κ3) is 3.03. The highest BCUT2D eigenvalue weighted by Crippen LogP contribution is 2.25. The Balaban J connectivity index is 1.73. The number of nitrogens with zero attached hydrogens (tertiary/aromatic N) is 4. The Morgan fingerprint density at radius 1 is 1.18 bits per heavy atom. The third-order valence-electron chi connectivity index (χ3n) is 3.72. The largest absolute Gasteiger partial charge is 0.338 e. The van der Waals surface area contributed by atoms with Crippen LogP contribution in [0.1, 0.15) is 49.5 Å². The summed E-state index contributed by atoms with van der Waals surface area (Å²) in [5.41, 5.74) is 1.06. The molecule has 0 radical (unpaired) electrons. The minimum Gasteiger partial charge on any atom is -0.338 e. The van der Waals surface area contributed by atoms with E-state index in [2.05, 4.69) is 53.9 Å². The maximum atomic E-state index is 5.39. The molecule has 0 bridgehead atoms. The molecule has 2 heterocycles. The number of hydrogen-bond donors (Lipinski definition) is 0. The van der Waals surface area contributed by atoms with Crippen molar-refractivity contribution in [3.63, 3.8) is 0 Å². The Labute approximate surface area is 134 Å². The van der Waals surface area contributed by atoms with Crippen LogP contribution >= 0.6 is 11.3 Å². The first-order valence-corrected chi connectivity index (χ1v) is 8.24. The minimum absolute atomic E-state index is 0.0620. The van der Waals surface area contributed by atoms with Crippen molar-refractivity contribution < 1.29 is 4.52 Å². The van der Waals surface area contributed by atoms with Gasteiger partial charge in [-0.3, -0.25) is 4.90 Å². The molecular formula is C16H20N4OS. The number of fused-ring (bicyclic) bond motifs is 1. The summed E-state index contributed by atoms with van der Waals surface area (Å²) >= 11 is 1.73. The van der Waals surface area contributed by atoms with Crippen LogP contribution in [0, 0.1) is 0 Å². The lowest BCUT2D eigenvalue weighted by atomic mass is 10.2. The molecule has 0 aliphatic carbocycles. The second kappa shape index (κ2) is 6.14. The van der Waals surface area contributed by atoms with Crippen molar-refractivity contribution in [1.82, 2.24) is 20.0 Å². The monoisotopic (exact) mass is 316 g/mol. The summed E-state index contributed by atoms with van der Waals surface area (Å²) in [7, 11) is 2.05. The minimum atomic E-state index is 0.0620. The van der Waals surface area contributed by atoms with Crippen molar-refractivity contribution >= 4 is 21.6 Å². The summed E-state index contributed by atoms with van der Waals surface area (Å²) in [5, 5.41) is 5.13. The zero-order valence-electron chi connectivity index (χ0n) is 13.3. The van der Waals surface area contributed by atoms with Gasteiger partial charge in [0.15, 0.2) is 5.82 Å². The molecule has 1 aromatic carbocycles. The normalized spacial score (nSPS) is 13.4. The lowest BCUT2D eigenvalue weighted by Crippen LogP contribution is -2.22. The van der Waals surface area contributed by atoms with E-state index in [9.17, 15) is 0 Å². The van der Waals surface area contributed by atoms with E-state index in [0.29, 0.717) is 5.89 Å². The van der Waals surface area contributed by atoms with Gasteiger partial charge in [-0.1, -0.05) is 31.1 Å². The van der Waals surface area contributed by atoms with E-state index in [1.807, 2.05) is 18.2 Å². The highest BCUT2D eigenvalue weighted by molar-refractivity contribution is 7.18. The first-order valence-electron chi connectivity index (χ1n) is 7.42. The first kappa shape index (κ1) is 15.1. The summed E-state index contributed by atoms with van der Waals surface area (Å²) in [6, 6.07) is 8.28. The van der Waals surface area contributed by atoms with Crippen molar-refractivity contribution in [3.05, 3.63) is 41.0 Å². The maximum Gasteiger partial charge on any atom is 0.243 e. The fourth-order valence-electron chi connectivity index (χ4n) is 2.18. The van der Waals surface area contributed by atoms with Gasteiger partial charge in [-0.15, -0.1) is 11.3 Å². The molecule has 0 saturated carbocycles. The third-order valence-corrected chi connectivity index (χ3v) is 4.74. The molecule has 0 N–H and O–H groups in total. The van der Waals surface area contributed by atoms with Gasteiger partial charge in [-0.05, 0) is 26.1 Å². The van der Waals surface area contributed by atoms with E-state index in [1.54, 1.807) is 11.3 Å². The molecule has 2 aromatic heterocycles. The number of hydrogen-bond acceptors (Lipinski definition) is 6. The Hall–Kier alpha value is -1.79. The number of rotatable bonds is 5. The molecular weight excluding hydrogens is 296 g/mol. The standard InChI is InChI=1S/C16H20N4OS/c1-10(2)15-18-16(21-19-15)11(3)20(4)9-14-17-12-7-5-6-8-13(12)22-14/h5-8,10-11H,9H2,1-4H3. The topological polar surface area (TPSA) is 55.1 Å². The number of thiazole rings is 1. The van der Waals surface area contributed by atoms with E-state index in [4.69, 9.17) is 4.52 Å². The molecule has 0 spiro atoms. The number of benzene rings is 1. The van der Waals surface area contributed by atoms with Gasteiger partial charge in [0.25, 0.3) is 0 Å². The van der Waals surface area contributed by atoms with Crippen molar-refractivity contribution in [2.24, 2.45) is 0 Å². The fraction of sp³-hybridized carbons (Fsp3) is 0.438. The van der Waals surface area contributed by atoms with Crippen LogP contribution in [0.5, 0.6) is 0 Å². The van der Waals surface area contributed by atoms with Crippen LogP contribution in [0.25, 0.3) is 10.2 Å². The van der Waals surface area contributed by atoms with E-state index in [1.165, 1.54) is 4.70 Å². The first-order chi connectivity index (χ1) is 10.5. The van der Waals surface area contributed by atoms with Crippen LogP contribution in [0.15, 0.2) is 28.8 Å². The van der Waals surface area contributed by atoms with Crippen LogP contribution in [-0.4, -0.2) is 27.1 Å². The van der Waals surface area contributed by atoms with Crippen LogP contribution in [0.2, 0.25) is 0 Å². The molecule has 0 aliphatic rings. The second-order valence-electron chi connectivity index (χ2n) is 5.81. The SMILES string of the molecule is CC(C)c1noc(C(C)N(C)Cc2nc3ccccc3s2)n1. The molecule has 1 atom stereocenters. The van der Waals surface area contributed by atoms with Crippen molar-refractivity contribution in [1.29, 1.82) is 0 Å². The lowest BCUT2D eigenvalue weighted by Gasteiger charge is -2.20. The summed E-state index contributed by atoms with van der Waals surface area (Å²) in [4.78, 5) is 11.3. The molecule has 6 heteroatoms. The van der Waals surface area contributed by atoms with Crippen LogP contribution in [0.4, 0.5) is 0 Å². The maximum absolute atomic E-state index is 5.39. The summed E-state index contributed by atoms with van der Waals surface area (Å²) in [6.45, 7) is 6.96. The average molecular weight is 316 g/mol. The van der Waals surface area contributed by atoms with E-state index in [0.717, 1.165) is 22.9 Å². The summed E-state index contributed by atoms with van der Waals surface area (Å²) in [5.74, 6) is 1.70. The van der Waals surface area contributed by atoms with Crippen molar-refractivity contribution in [3.8, 4) is 0 Å². The fourth-order valence-corrected chi connectivity index (χ4v) is 3.21. The predicted octanol–water partition coefficient (Wildman–Crippen LogP) is 4.00. The van der Waals surface area contributed by atoms with E-state index >= 15 is 0 Å². The zero-order chi connectivity index (χ0) is 15.7. The van der Waals surface area contributed by atoms with Gasteiger partial charge in [0, 0.05) is 5.92 Å². The summed E-state index contributed by atoms with van der Waals surface area (Å²) in [6.07, 6.45) is 0. The van der Waals surface area contributed by atoms with E-state index in [-0.39, 0.29) is 12.0 Å². The number of aromatic nitrogens is 3. The molecule has 3 rings (SSSR count). The van der Waals surface area contributed by atoms with Crippen LogP contribution in [-0.2, 0) is 6.54 Å². The highest BCUT2D eigenvalue weighted by Gasteiger charge is 2.20. The molecule has 3 aromatic rings. The van der Waals surface area contributed by atoms with Crippen LogP contribution < -0.4 is 0 Å². The van der Waals surface area contributed by atoms with Gasteiger partial charge in [0.1, 0.15) is 5.01 Å².